The van der Waals surface area contributed by atoms with Gasteiger partial charge in [-0.3, -0.25) is 4.79 Å². The molecule has 5 N–H and O–H groups in total. The van der Waals surface area contributed by atoms with Gasteiger partial charge >= 0.3 is 12.0 Å². The highest BCUT2D eigenvalue weighted by Gasteiger charge is 2.17. The van der Waals surface area contributed by atoms with Crippen LogP contribution in [0.2, 0.25) is 0 Å². The van der Waals surface area contributed by atoms with E-state index in [9.17, 15) is 9.59 Å². The first kappa shape index (κ1) is 14.4. The molecule has 0 aliphatic heterocycles. The molecular formula is C9H18N4O3. The number of carbonyl (C=O) groups excluding carboxylic acids is 2. The minimum Gasteiger partial charge on any atom is -0.460 e. The monoisotopic (exact) mass is 230 g/mol. The third-order valence-corrected chi connectivity index (χ3v) is 1.26. The molecule has 92 valence electrons. The van der Waals surface area contributed by atoms with Crippen molar-refractivity contribution < 1.29 is 14.3 Å². The molecule has 0 rings (SSSR count). The molecule has 7 nitrogen and oxygen atoms in total. The summed E-state index contributed by atoms with van der Waals surface area (Å²) in [6, 6.07) is -1.41. The van der Waals surface area contributed by atoms with Crippen molar-refractivity contribution in [2.24, 2.45) is 16.6 Å². The molecule has 0 fully saturated rings. The van der Waals surface area contributed by atoms with Crippen molar-refractivity contribution in [3.63, 3.8) is 0 Å². The van der Waals surface area contributed by atoms with Gasteiger partial charge in [0, 0.05) is 6.21 Å². The Morgan fingerprint density at radius 3 is 2.50 bits per heavy atom. The molecule has 1 atom stereocenters. The lowest BCUT2D eigenvalue weighted by Gasteiger charge is -2.20. The van der Waals surface area contributed by atoms with Gasteiger partial charge in [0.1, 0.15) is 5.60 Å². The van der Waals surface area contributed by atoms with Crippen molar-refractivity contribution in [2.75, 3.05) is 0 Å². The molecule has 0 aliphatic rings. The summed E-state index contributed by atoms with van der Waals surface area (Å²) >= 11 is 0. The Balaban J connectivity index is 3.96. The highest BCUT2D eigenvalue weighted by Crippen LogP contribution is 2.08. The summed E-state index contributed by atoms with van der Waals surface area (Å²) in [5.41, 5.74) is 11.7. The third-order valence-electron chi connectivity index (χ3n) is 1.26. The summed E-state index contributed by atoms with van der Waals surface area (Å²) in [6.07, 6.45) is 1.20. The molecule has 0 bridgehead atoms. The number of hydrogen-bond acceptors (Lipinski definition) is 5. The van der Waals surface area contributed by atoms with E-state index in [0.29, 0.717) is 0 Å². The average Bonchev–Trinajstić information content (AvgIpc) is 1.98. The number of rotatable bonds is 4. The Morgan fingerprint density at radius 2 is 2.06 bits per heavy atom. The lowest BCUT2D eigenvalue weighted by Crippen LogP contribution is -2.32. The highest BCUT2D eigenvalue weighted by molar-refractivity contribution is 5.78. The summed E-state index contributed by atoms with van der Waals surface area (Å²) in [7, 11) is 0. The van der Waals surface area contributed by atoms with E-state index in [4.69, 9.17) is 16.2 Å². The van der Waals surface area contributed by atoms with Gasteiger partial charge in [0.2, 0.25) is 0 Å². The van der Waals surface area contributed by atoms with Gasteiger partial charge in [0.25, 0.3) is 0 Å². The van der Waals surface area contributed by atoms with Crippen LogP contribution in [0.3, 0.4) is 0 Å². The van der Waals surface area contributed by atoms with Crippen molar-refractivity contribution >= 4 is 18.2 Å². The third kappa shape index (κ3) is 8.95. The van der Waals surface area contributed by atoms with E-state index in [1.54, 1.807) is 20.8 Å². The average molecular weight is 230 g/mol. The molecule has 0 saturated heterocycles. The van der Waals surface area contributed by atoms with Crippen LogP contribution in [-0.2, 0) is 9.53 Å². The van der Waals surface area contributed by atoms with Crippen LogP contribution in [0.4, 0.5) is 4.79 Å². The predicted octanol–water partition coefficient (Wildman–Crippen LogP) is -0.300. The van der Waals surface area contributed by atoms with Crippen molar-refractivity contribution in [2.45, 2.75) is 38.8 Å². The second kappa shape index (κ2) is 6.06. The highest BCUT2D eigenvalue weighted by atomic mass is 16.6. The SMILES string of the molecule is CC(C)(C)OC(=O)CC(N)/C=N/NC(N)=O. The molecule has 0 aliphatic carbocycles. The smallest absolute Gasteiger partial charge is 0.332 e. The minimum atomic E-state index is -0.791. The zero-order valence-electron chi connectivity index (χ0n) is 9.69. The second-order valence-corrected chi connectivity index (χ2v) is 4.21. The maximum absolute atomic E-state index is 11.3. The fourth-order valence-corrected chi connectivity index (χ4v) is 0.825. The first-order chi connectivity index (χ1) is 7.20. The molecule has 0 saturated carbocycles. The van der Waals surface area contributed by atoms with Crippen LogP contribution in [0.25, 0.3) is 0 Å². The van der Waals surface area contributed by atoms with Gasteiger partial charge in [0.05, 0.1) is 12.5 Å². The fraction of sp³-hybridized carbons (Fsp3) is 0.667. The summed E-state index contributed by atoms with van der Waals surface area (Å²) in [4.78, 5) is 21.5. The van der Waals surface area contributed by atoms with Crippen LogP contribution < -0.4 is 16.9 Å². The number of hydrogen-bond donors (Lipinski definition) is 3. The van der Waals surface area contributed by atoms with E-state index in [2.05, 4.69) is 5.10 Å². The first-order valence-electron chi connectivity index (χ1n) is 4.77. The summed E-state index contributed by atoms with van der Waals surface area (Å²) in [5, 5.41) is 3.44. The van der Waals surface area contributed by atoms with E-state index in [-0.39, 0.29) is 6.42 Å². The normalized spacial score (nSPS) is 13.5. The van der Waals surface area contributed by atoms with Crippen molar-refractivity contribution in [1.29, 1.82) is 0 Å². The number of nitrogens with two attached hydrogens (primary N) is 2. The zero-order valence-corrected chi connectivity index (χ0v) is 9.69. The molecule has 7 heteroatoms. The summed E-state index contributed by atoms with van der Waals surface area (Å²) < 4.78 is 5.04. The van der Waals surface area contributed by atoms with Gasteiger partial charge in [-0.2, -0.15) is 5.10 Å². The number of amides is 2. The van der Waals surface area contributed by atoms with Crippen molar-refractivity contribution in [1.82, 2.24) is 5.43 Å². The maximum atomic E-state index is 11.3. The Kier molecular flexibility index (Phi) is 5.44. The largest absolute Gasteiger partial charge is 0.460 e. The van der Waals surface area contributed by atoms with Crippen LogP contribution >= 0.6 is 0 Å². The van der Waals surface area contributed by atoms with Crippen LogP contribution in [0, 0.1) is 0 Å². The molecule has 2 amide bonds. The Labute approximate surface area is 94.2 Å². The van der Waals surface area contributed by atoms with Gasteiger partial charge in [-0.05, 0) is 20.8 Å². The number of urea groups is 1. The quantitative estimate of drug-likeness (QED) is 0.349. The lowest BCUT2D eigenvalue weighted by atomic mass is 10.2. The number of esters is 1. The molecular weight excluding hydrogens is 212 g/mol. The van der Waals surface area contributed by atoms with Crippen LogP contribution in [0.1, 0.15) is 27.2 Å². The molecule has 0 aromatic rings. The predicted molar refractivity (Wildman–Crippen MR) is 59.6 cm³/mol. The number of primary amides is 1. The number of hydrazone groups is 1. The lowest BCUT2D eigenvalue weighted by molar-refractivity contribution is -0.154. The molecule has 0 aromatic carbocycles. The summed E-state index contributed by atoms with van der Waals surface area (Å²) in [5.74, 6) is -0.425. The maximum Gasteiger partial charge on any atom is 0.332 e. The Morgan fingerprint density at radius 1 is 1.50 bits per heavy atom. The molecule has 0 heterocycles. The zero-order chi connectivity index (χ0) is 12.8. The van der Waals surface area contributed by atoms with Crippen LogP contribution in [0.5, 0.6) is 0 Å². The van der Waals surface area contributed by atoms with Gasteiger partial charge in [-0.15, -0.1) is 0 Å². The Bertz CT molecular complexity index is 283. The number of carbonyl (C=O) groups is 2. The van der Waals surface area contributed by atoms with Crippen molar-refractivity contribution in [3.8, 4) is 0 Å². The van der Waals surface area contributed by atoms with E-state index < -0.39 is 23.6 Å². The molecule has 0 radical (unpaired) electrons. The van der Waals surface area contributed by atoms with Gasteiger partial charge in [-0.1, -0.05) is 0 Å². The molecule has 1 unspecified atom stereocenters. The van der Waals surface area contributed by atoms with E-state index >= 15 is 0 Å². The second-order valence-electron chi connectivity index (χ2n) is 4.21. The summed E-state index contributed by atoms with van der Waals surface area (Å²) in [6.45, 7) is 5.29. The Hall–Kier alpha value is -1.63. The van der Waals surface area contributed by atoms with Gasteiger partial charge in [-0.25, -0.2) is 10.2 Å². The van der Waals surface area contributed by atoms with Crippen LogP contribution in [0.15, 0.2) is 5.10 Å². The topological polar surface area (TPSA) is 120 Å². The fourth-order valence-electron chi connectivity index (χ4n) is 0.825. The van der Waals surface area contributed by atoms with Gasteiger partial charge < -0.3 is 16.2 Å². The van der Waals surface area contributed by atoms with E-state index in [0.717, 1.165) is 0 Å². The van der Waals surface area contributed by atoms with Crippen molar-refractivity contribution in [3.05, 3.63) is 0 Å². The van der Waals surface area contributed by atoms with E-state index in [1.165, 1.54) is 6.21 Å². The van der Waals surface area contributed by atoms with Crippen LogP contribution in [-0.4, -0.2) is 29.9 Å². The van der Waals surface area contributed by atoms with Gasteiger partial charge in [0.15, 0.2) is 0 Å². The molecule has 0 aromatic heterocycles. The standard InChI is InChI=1S/C9H18N4O3/c1-9(2,3)16-7(14)4-6(10)5-12-13-8(11)15/h5-6H,4,10H2,1-3H3,(H3,11,13,15)/b12-5+. The van der Waals surface area contributed by atoms with E-state index in [1.807, 2.05) is 5.43 Å². The molecule has 16 heavy (non-hydrogen) atoms. The molecule has 0 spiro atoms. The minimum absolute atomic E-state index is 0.0127. The number of nitrogens with zero attached hydrogens (tertiary/aromatic N) is 1. The number of ether oxygens (including phenoxy) is 1. The number of nitrogens with one attached hydrogen (secondary N) is 1. The first-order valence-corrected chi connectivity index (χ1v) is 4.77.